The van der Waals surface area contributed by atoms with Crippen LogP contribution >= 0.6 is 15.9 Å². The lowest BCUT2D eigenvalue weighted by Crippen LogP contribution is -2.40. The van der Waals surface area contributed by atoms with Gasteiger partial charge < -0.3 is 14.9 Å². The molecule has 1 N–H and O–H groups in total. The number of aliphatic carboxylic acids is 1. The first kappa shape index (κ1) is 16.7. The lowest BCUT2D eigenvalue weighted by atomic mass is 10.1. The van der Waals surface area contributed by atoms with Crippen molar-refractivity contribution < 1.29 is 14.7 Å². The zero-order valence-corrected chi connectivity index (χ0v) is 13.5. The van der Waals surface area contributed by atoms with Crippen molar-refractivity contribution in [3.63, 3.8) is 0 Å². The average molecular weight is 343 g/mol. The van der Waals surface area contributed by atoms with Gasteiger partial charge in [0.2, 0.25) is 0 Å². The van der Waals surface area contributed by atoms with Crippen LogP contribution in [0.4, 0.5) is 0 Å². The lowest BCUT2D eigenvalue weighted by molar-refractivity contribution is -0.137. The first-order valence-electron chi connectivity index (χ1n) is 6.24. The molecule has 0 aliphatic rings. The molecule has 0 unspecified atom stereocenters. The van der Waals surface area contributed by atoms with Gasteiger partial charge in [-0.05, 0) is 38.7 Å². The molecule has 0 aliphatic heterocycles. The van der Waals surface area contributed by atoms with Gasteiger partial charge in [-0.2, -0.15) is 0 Å². The van der Waals surface area contributed by atoms with Crippen LogP contribution in [0.3, 0.4) is 0 Å². The van der Waals surface area contributed by atoms with Crippen LogP contribution in [0.2, 0.25) is 0 Å². The van der Waals surface area contributed by atoms with Crippen LogP contribution in [-0.2, 0) is 4.79 Å². The minimum Gasteiger partial charge on any atom is -0.480 e. The van der Waals surface area contributed by atoms with E-state index in [0.29, 0.717) is 18.7 Å². The molecule has 0 bridgehead atoms. The molecule has 0 atom stereocenters. The van der Waals surface area contributed by atoms with E-state index in [1.54, 1.807) is 12.1 Å². The van der Waals surface area contributed by atoms with Gasteiger partial charge in [0, 0.05) is 23.1 Å². The summed E-state index contributed by atoms with van der Waals surface area (Å²) in [6.07, 6.45) is 0. The molecule has 20 heavy (non-hydrogen) atoms. The summed E-state index contributed by atoms with van der Waals surface area (Å²) in [5.74, 6) is -1.27. The molecular formula is C14H19BrN2O3. The second-order valence-corrected chi connectivity index (χ2v) is 5.69. The summed E-state index contributed by atoms with van der Waals surface area (Å²) in [4.78, 5) is 26.7. The van der Waals surface area contributed by atoms with Gasteiger partial charge in [0.25, 0.3) is 5.91 Å². The van der Waals surface area contributed by atoms with E-state index in [-0.39, 0.29) is 12.5 Å². The van der Waals surface area contributed by atoms with Crippen LogP contribution in [-0.4, -0.2) is 60.5 Å². The molecule has 0 saturated heterocycles. The van der Waals surface area contributed by atoms with Crippen LogP contribution < -0.4 is 0 Å². The summed E-state index contributed by atoms with van der Waals surface area (Å²) >= 11 is 3.38. The molecule has 5 nitrogen and oxygen atoms in total. The summed E-state index contributed by atoms with van der Waals surface area (Å²) in [6.45, 7) is 2.54. The molecule has 1 amide bonds. The van der Waals surface area contributed by atoms with Crippen molar-refractivity contribution in [1.82, 2.24) is 9.80 Å². The van der Waals surface area contributed by atoms with Crippen molar-refractivity contribution in [3.05, 3.63) is 33.8 Å². The summed E-state index contributed by atoms with van der Waals surface area (Å²) < 4.78 is 0.839. The minimum atomic E-state index is -1.01. The Morgan fingerprint density at radius 1 is 1.25 bits per heavy atom. The maximum Gasteiger partial charge on any atom is 0.323 e. The van der Waals surface area contributed by atoms with Crippen LogP contribution in [0, 0.1) is 6.92 Å². The number of halogens is 1. The third kappa shape index (κ3) is 4.61. The van der Waals surface area contributed by atoms with E-state index in [1.807, 2.05) is 32.0 Å². The molecule has 0 radical (unpaired) electrons. The lowest BCUT2D eigenvalue weighted by Gasteiger charge is -2.23. The van der Waals surface area contributed by atoms with Gasteiger partial charge in [-0.25, -0.2) is 0 Å². The van der Waals surface area contributed by atoms with Gasteiger partial charge in [-0.15, -0.1) is 0 Å². The highest BCUT2D eigenvalue weighted by atomic mass is 79.9. The van der Waals surface area contributed by atoms with E-state index >= 15 is 0 Å². The molecule has 0 spiro atoms. The Morgan fingerprint density at radius 2 is 1.90 bits per heavy atom. The highest BCUT2D eigenvalue weighted by Crippen LogP contribution is 2.20. The highest BCUT2D eigenvalue weighted by molar-refractivity contribution is 9.10. The summed E-state index contributed by atoms with van der Waals surface area (Å²) in [5, 5.41) is 8.95. The molecule has 110 valence electrons. The zero-order valence-electron chi connectivity index (χ0n) is 11.9. The maximum atomic E-state index is 12.5. The number of likely N-dealkylation sites (N-methyl/N-ethyl adjacent to an activating group) is 1. The number of nitrogens with zero attached hydrogens (tertiary/aromatic N) is 2. The van der Waals surface area contributed by atoms with E-state index in [0.717, 1.165) is 10.0 Å². The molecule has 0 fully saturated rings. The predicted molar refractivity (Wildman–Crippen MR) is 81.0 cm³/mol. The van der Waals surface area contributed by atoms with Gasteiger partial charge >= 0.3 is 5.97 Å². The van der Waals surface area contributed by atoms with Crippen molar-refractivity contribution in [2.24, 2.45) is 0 Å². The Bertz CT molecular complexity index is 503. The number of amides is 1. The van der Waals surface area contributed by atoms with E-state index in [2.05, 4.69) is 15.9 Å². The number of carbonyl (C=O) groups is 2. The zero-order chi connectivity index (χ0) is 15.3. The number of carboxylic acids is 1. The Morgan fingerprint density at radius 3 is 2.45 bits per heavy atom. The van der Waals surface area contributed by atoms with Crippen LogP contribution in [0.25, 0.3) is 0 Å². The van der Waals surface area contributed by atoms with Crippen molar-refractivity contribution in [2.45, 2.75) is 6.92 Å². The van der Waals surface area contributed by atoms with E-state index < -0.39 is 5.97 Å². The Kier molecular flexibility index (Phi) is 6.16. The predicted octanol–water partition coefficient (Wildman–Crippen LogP) is 1.85. The minimum absolute atomic E-state index is 0.256. The first-order chi connectivity index (χ1) is 9.32. The van der Waals surface area contributed by atoms with Crippen molar-refractivity contribution >= 4 is 27.8 Å². The summed E-state index contributed by atoms with van der Waals surface area (Å²) in [7, 11) is 3.77. The quantitative estimate of drug-likeness (QED) is 0.856. The number of carbonyl (C=O) groups excluding carboxylic acids is 1. The maximum absolute atomic E-state index is 12.5. The Balaban J connectivity index is 2.97. The molecule has 0 saturated carbocycles. The Labute approximate surface area is 127 Å². The smallest absolute Gasteiger partial charge is 0.323 e. The number of benzene rings is 1. The number of hydrogen-bond donors (Lipinski definition) is 1. The molecule has 0 heterocycles. The Hall–Kier alpha value is -1.40. The molecule has 6 heteroatoms. The van der Waals surface area contributed by atoms with Gasteiger partial charge in [0.1, 0.15) is 6.54 Å². The fourth-order valence-electron chi connectivity index (χ4n) is 1.75. The number of hydrogen-bond acceptors (Lipinski definition) is 3. The number of rotatable bonds is 6. The molecule has 1 aromatic rings. The third-order valence-corrected chi connectivity index (χ3v) is 3.79. The van der Waals surface area contributed by atoms with Gasteiger partial charge in [0.15, 0.2) is 0 Å². The summed E-state index contributed by atoms with van der Waals surface area (Å²) in [6, 6.07) is 5.34. The number of carboxylic acid groups (broad SMARTS) is 1. The molecule has 0 aromatic heterocycles. The molecular weight excluding hydrogens is 324 g/mol. The molecule has 1 aromatic carbocycles. The topological polar surface area (TPSA) is 60.9 Å². The fourth-order valence-corrected chi connectivity index (χ4v) is 2.11. The highest BCUT2D eigenvalue weighted by Gasteiger charge is 2.20. The summed E-state index contributed by atoms with van der Waals surface area (Å²) in [5.41, 5.74) is 1.34. The van der Waals surface area contributed by atoms with Crippen molar-refractivity contribution in [1.29, 1.82) is 0 Å². The standard InChI is InChI=1S/C14H19BrN2O3/c1-10-11(5-4-6-12(10)15)14(20)17(9-13(18)19)8-7-16(2)3/h4-6H,7-9H2,1-3H3,(H,18,19). The largest absolute Gasteiger partial charge is 0.480 e. The average Bonchev–Trinajstić information content (AvgIpc) is 2.36. The van der Waals surface area contributed by atoms with E-state index in [1.165, 1.54) is 4.90 Å². The van der Waals surface area contributed by atoms with Crippen molar-refractivity contribution in [2.75, 3.05) is 33.7 Å². The fraction of sp³-hybridized carbons (Fsp3) is 0.429. The van der Waals surface area contributed by atoms with Gasteiger partial charge in [-0.1, -0.05) is 22.0 Å². The van der Waals surface area contributed by atoms with Crippen LogP contribution in [0.15, 0.2) is 22.7 Å². The van der Waals surface area contributed by atoms with E-state index in [9.17, 15) is 9.59 Å². The van der Waals surface area contributed by atoms with Crippen molar-refractivity contribution in [3.8, 4) is 0 Å². The normalized spacial score (nSPS) is 10.7. The SMILES string of the molecule is Cc1c(Br)cccc1C(=O)N(CCN(C)C)CC(=O)O. The first-order valence-corrected chi connectivity index (χ1v) is 7.03. The molecule has 1 rings (SSSR count). The van der Waals surface area contributed by atoms with Crippen LogP contribution in [0.1, 0.15) is 15.9 Å². The monoisotopic (exact) mass is 342 g/mol. The van der Waals surface area contributed by atoms with Gasteiger partial charge in [0.05, 0.1) is 0 Å². The van der Waals surface area contributed by atoms with Crippen LogP contribution in [0.5, 0.6) is 0 Å². The second-order valence-electron chi connectivity index (χ2n) is 4.84. The molecule has 0 aliphatic carbocycles. The van der Waals surface area contributed by atoms with Gasteiger partial charge in [-0.3, -0.25) is 9.59 Å². The van der Waals surface area contributed by atoms with E-state index in [4.69, 9.17) is 5.11 Å². The second kappa shape index (κ2) is 7.40. The third-order valence-electron chi connectivity index (χ3n) is 2.93.